The third-order valence-electron chi connectivity index (χ3n) is 5.55. The number of nitrogens with zero attached hydrogens (tertiary/aromatic N) is 2. The van der Waals surface area contributed by atoms with Crippen LogP contribution in [0.5, 0.6) is 0 Å². The van der Waals surface area contributed by atoms with Gasteiger partial charge in [0.05, 0.1) is 6.20 Å². The Morgan fingerprint density at radius 3 is 2.44 bits per heavy atom. The van der Waals surface area contributed by atoms with Crippen molar-refractivity contribution in [2.45, 2.75) is 56.7 Å². The normalized spacial score (nSPS) is 22.3. The second-order valence-electron chi connectivity index (χ2n) is 7.53. The third-order valence-corrected chi connectivity index (χ3v) is 5.55. The first-order chi connectivity index (χ1) is 13.1. The van der Waals surface area contributed by atoms with E-state index in [-0.39, 0.29) is 23.8 Å². The van der Waals surface area contributed by atoms with Crippen molar-refractivity contribution in [3.8, 4) is 0 Å². The molecule has 2 aromatic rings. The largest absolute Gasteiger partial charge is 0.365 e. The molecule has 142 valence electrons. The van der Waals surface area contributed by atoms with E-state index in [9.17, 15) is 4.79 Å². The fourth-order valence-corrected chi connectivity index (χ4v) is 4.12. The molecule has 0 unspecified atom stereocenters. The van der Waals surface area contributed by atoms with E-state index < -0.39 is 5.91 Å². The summed E-state index contributed by atoms with van der Waals surface area (Å²) in [6.07, 6.45) is 7.69. The van der Waals surface area contributed by atoms with Gasteiger partial charge in [-0.2, -0.15) is 0 Å². The molecule has 7 heteroatoms. The molecule has 4 rings (SSSR count). The van der Waals surface area contributed by atoms with E-state index in [1.165, 1.54) is 17.5 Å². The Kier molecular flexibility index (Phi) is 4.94. The SMILES string of the molecule is NC(=O)c1ncc(N[C@@H]2CCCC[C@@H]2N)nc1NC1Cc2ccccc2C1. The zero-order valence-corrected chi connectivity index (χ0v) is 15.3. The van der Waals surface area contributed by atoms with Gasteiger partial charge in [-0.1, -0.05) is 37.1 Å². The number of fused-ring (bicyclic) bond motifs is 1. The van der Waals surface area contributed by atoms with Crippen LogP contribution in [-0.4, -0.2) is 34.0 Å². The van der Waals surface area contributed by atoms with Gasteiger partial charge in [0.15, 0.2) is 11.5 Å². The minimum atomic E-state index is -0.582. The van der Waals surface area contributed by atoms with Crippen molar-refractivity contribution in [1.29, 1.82) is 0 Å². The first-order valence-electron chi connectivity index (χ1n) is 9.62. The molecular weight excluding hydrogens is 340 g/mol. The van der Waals surface area contributed by atoms with Gasteiger partial charge in [0.2, 0.25) is 0 Å². The average Bonchev–Trinajstić information content (AvgIpc) is 3.06. The number of anilines is 2. The van der Waals surface area contributed by atoms with Gasteiger partial charge < -0.3 is 22.1 Å². The standard InChI is InChI=1S/C20H26N6O/c21-15-7-3-4-8-16(15)25-17-11-23-18(19(22)27)20(26-17)24-14-9-12-5-1-2-6-13(12)10-14/h1-2,5-6,11,14-16H,3-4,7-10,21H2,(H2,22,27)(H2,24,25,26)/t15-,16+/m0/s1. The Morgan fingerprint density at radius 1 is 1.07 bits per heavy atom. The van der Waals surface area contributed by atoms with Crippen LogP contribution in [0.25, 0.3) is 0 Å². The molecule has 1 fully saturated rings. The van der Waals surface area contributed by atoms with Crippen molar-refractivity contribution < 1.29 is 4.79 Å². The third kappa shape index (κ3) is 3.88. The van der Waals surface area contributed by atoms with E-state index in [4.69, 9.17) is 11.5 Å². The topological polar surface area (TPSA) is 119 Å². The number of carbonyl (C=O) groups excluding carboxylic acids is 1. The maximum Gasteiger partial charge on any atom is 0.271 e. The molecule has 0 saturated heterocycles. The van der Waals surface area contributed by atoms with E-state index in [0.717, 1.165) is 32.1 Å². The second kappa shape index (κ2) is 7.52. The van der Waals surface area contributed by atoms with Gasteiger partial charge >= 0.3 is 0 Å². The van der Waals surface area contributed by atoms with Gasteiger partial charge in [0.1, 0.15) is 5.82 Å². The highest BCUT2D eigenvalue weighted by atomic mass is 16.1. The number of carbonyl (C=O) groups is 1. The van der Waals surface area contributed by atoms with Crippen LogP contribution in [0.3, 0.4) is 0 Å². The highest BCUT2D eigenvalue weighted by molar-refractivity contribution is 5.95. The fraction of sp³-hybridized carbons (Fsp3) is 0.450. The van der Waals surface area contributed by atoms with Crippen molar-refractivity contribution in [2.75, 3.05) is 10.6 Å². The maximum absolute atomic E-state index is 11.8. The molecule has 6 N–H and O–H groups in total. The van der Waals surface area contributed by atoms with Crippen LogP contribution in [0.4, 0.5) is 11.6 Å². The van der Waals surface area contributed by atoms with Crippen LogP contribution in [0.1, 0.15) is 47.3 Å². The summed E-state index contributed by atoms with van der Waals surface area (Å²) in [5.41, 5.74) is 14.6. The lowest BCUT2D eigenvalue weighted by Crippen LogP contribution is -2.42. The number of hydrogen-bond donors (Lipinski definition) is 4. The number of aromatic nitrogens is 2. The molecule has 1 aromatic heterocycles. The first kappa shape index (κ1) is 17.7. The summed E-state index contributed by atoms with van der Waals surface area (Å²) in [6, 6.07) is 8.83. The molecule has 7 nitrogen and oxygen atoms in total. The van der Waals surface area contributed by atoms with Gasteiger partial charge in [-0.25, -0.2) is 9.97 Å². The lowest BCUT2D eigenvalue weighted by Gasteiger charge is -2.29. The maximum atomic E-state index is 11.8. The highest BCUT2D eigenvalue weighted by Crippen LogP contribution is 2.26. The van der Waals surface area contributed by atoms with Gasteiger partial charge in [-0.15, -0.1) is 0 Å². The van der Waals surface area contributed by atoms with Gasteiger partial charge in [0, 0.05) is 18.1 Å². The lowest BCUT2D eigenvalue weighted by molar-refractivity contribution is 0.0996. The van der Waals surface area contributed by atoms with Gasteiger partial charge in [-0.05, 0) is 36.8 Å². The predicted molar refractivity (Wildman–Crippen MR) is 106 cm³/mol. The van der Waals surface area contributed by atoms with Crippen molar-refractivity contribution >= 4 is 17.5 Å². The molecule has 1 heterocycles. The number of hydrogen-bond acceptors (Lipinski definition) is 6. The number of primary amides is 1. The molecule has 0 radical (unpaired) electrons. The number of nitrogens with two attached hydrogens (primary N) is 2. The Morgan fingerprint density at radius 2 is 1.78 bits per heavy atom. The van der Waals surface area contributed by atoms with E-state index in [1.54, 1.807) is 6.20 Å². The highest BCUT2D eigenvalue weighted by Gasteiger charge is 2.25. The Hall–Kier alpha value is -2.67. The molecule has 1 amide bonds. The molecule has 2 atom stereocenters. The smallest absolute Gasteiger partial charge is 0.271 e. The van der Waals surface area contributed by atoms with E-state index >= 15 is 0 Å². The van der Waals surface area contributed by atoms with Crippen molar-refractivity contribution in [1.82, 2.24) is 9.97 Å². The van der Waals surface area contributed by atoms with Crippen molar-refractivity contribution in [3.05, 3.63) is 47.3 Å². The van der Waals surface area contributed by atoms with E-state index in [2.05, 4.69) is 32.7 Å². The molecule has 0 bridgehead atoms. The molecule has 1 aromatic carbocycles. The van der Waals surface area contributed by atoms with E-state index in [0.29, 0.717) is 11.6 Å². The summed E-state index contributed by atoms with van der Waals surface area (Å²) in [4.78, 5) is 20.7. The van der Waals surface area contributed by atoms with Crippen LogP contribution in [0.2, 0.25) is 0 Å². The summed E-state index contributed by atoms with van der Waals surface area (Å²) in [5.74, 6) is 0.483. The summed E-state index contributed by atoms with van der Waals surface area (Å²) < 4.78 is 0. The monoisotopic (exact) mass is 366 g/mol. The van der Waals surface area contributed by atoms with Crippen molar-refractivity contribution in [3.63, 3.8) is 0 Å². The molecule has 0 spiro atoms. The number of benzene rings is 1. The summed E-state index contributed by atoms with van der Waals surface area (Å²) in [6.45, 7) is 0. The summed E-state index contributed by atoms with van der Waals surface area (Å²) >= 11 is 0. The van der Waals surface area contributed by atoms with Crippen LogP contribution in [0, 0.1) is 0 Å². The predicted octanol–water partition coefficient (Wildman–Crippen LogP) is 1.84. The minimum absolute atomic E-state index is 0.108. The molecule has 1 saturated carbocycles. The number of rotatable bonds is 5. The molecule has 2 aliphatic rings. The molecule has 27 heavy (non-hydrogen) atoms. The molecule has 2 aliphatic carbocycles. The van der Waals surface area contributed by atoms with Crippen LogP contribution < -0.4 is 22.1 Å². The molecular formula is C20H26N6O. The first-order valence-corrected chi connectivity index (χ1v) is 9.62. The van der Waals surface area contributed by atoms with Gasteiger partial charge in [-0.3, -0.25) is 4.79 Å². The Bertz CT molecular complexity index is 814. The van der Waals surface area contributed by atoms with Gasteiger partial charge in [0.25, 0.3) is 5.91 Å². The Balaban J connectivity index is 1.52. The van der Waals surface area contributed by atoms with Crippen molar-refractivity contribution in [2.24, 2.45) is 11.5 Å². The lowest BCUT2D eigenvalue weighted by atomic mass is 9.91. The number of nitrogens with one attached hydrogen (secondary N) is 2. The van der Waals surface area contributed by atoms with Crippen LogP contribution in [-0.2, 0) is 12.8 Å². The zero-order chi connectivity index (χ0) is 18.8. The Labute approximate surface area is 159 Å². The number of amides is 1. The minimum Gasteiger partial charge on any atom is -0.365 e. The van der Waals surface area contributed by atoms with Crippen LogP contribution >= 0.6 is 0 Å². The van der Waals surface area contributed by atoms with E-state index in [1.807, 2.05) is 12.1 Å². The average molecular weight is 366 g/mol. The fourth-order valence-electron chi connectivity index (χ4n) is 4.12. The summed E-state index contributed by atoms with van der Waals surface area (Å²) in [7, 11) is 0. The van der Waals surface area contributed by atoms with Crippen LogP contribution in [0.15, 0.2) is 30.5 Å². The quantitative estimate of drug-likeness (QED) is 0.641. The summed E-state index contributed by atoms with van der Waals surface area (Å²) in [5, 5.41) is 6.77. The second-order valence-corrected chi connectivity index (χ2v) is 7.53. The zero-order valence-electron chi connectivity index (χ0n) is 15.3. The molecule has 0 aliphatic heterocycles.